The molecule has 0 aromatic heterocycles. The molecule has 6 nitrogen and oxygen atoms in total. The summed E-state index contributed by atoms with van der Waals surface area (Å²) in [7, 11) is -3.59. The molecule has 0 radical (unpaired) electrons. The number of nitrogens with zero attached hydrogens (tertiary/aromatic N) is 2. The molecule has 20 heavy (non-hydrogen) atoms. The largest absolute Gasteiger partial charge is 0.481 e. The molecule has 0 saturated carbocycles. The Kier molecular flexibility index (Phi) is 5.67. The first kappa shape index (κ1) is 16.1. The van der Waals surface area contributed by atoms with Crippen LogP contribution in [-0.2, 0) is 20.6 Å². The third-order valence-corrected chi connectivity index (χ3v) is 4.65. The fourth-order valence-electron chi connectivity index (χ4n) is 1.75. The van der Waals surface area contributed by atoms with Gasteiger partial charge >= 0.3 is 5.97 Å². The van der Waals surface area contributed by atoms with Crippen molar-refractivity contribution in [2.75, 3.05) is 13.1 Å². The number of nitriles is 1. The van der Waals surface area contributed by atoms with Crippen molar-refractivity contribution in [1.29, 1.82) is 5.26 Å². The van der Waals surface area contributed by atoms with E-state index in [9.17, 15) is 13.2 Å². The summed E-state index contributed by atoms with van der Waals surface area (Å²) in [5.74, 6) is -1.28. The molecular formula is C13H16N2O4S. The minimum Gasteiger partial charge on any atom is -0.481 e. The highest BCUT2D eigenvalue weighted by atomic mass is 32.2. The second-order valence-electron chi connectivity index (χ2n) is 4.20. The summed E-state index contributed by atoms with van der Waals surface area (Å²) in [4.78, 5) is 10.5. The van der Waals surface area contributed by atoms with Crippen LogP contribution in [0.1, 0.15) is 24.5 Å². The number of sulfonamides is 1. The van der Waals surface area contributed by atoms with Crippen LogP contribution < -0.4 is 0 Å². The molecule has 1 rings (SSSR count). The van der Waals surface area contributed by atoms with E-state index in [0.717, 1.165) is 4.31 Å². The minimum absolute atomic E-state index is 0.0495. The molecule has 0 fully saturated rings. The molecule has 0 saturated heterocycles. The average molecular weight is 296 g/mol. The van der Waals surface area contributed by atoms with Gasteiger partial charge in [-0.25, -0.2) is 12.7 Å². The topological polar surface area (TPSA) is 98.5 Å². The lowest BCUT2D eigenvalue weighted by Crippen LogP contribution is -2.33. The highest BCUT2D eigenvalue weighted by Gasteiger charge is 2.21. The number of benzene rings is 1. The Morgan fingerprint density at radius 3 is 2.70 bits per heavy atom. The second-order valence-corrected chi connectivity index (χ2v) is 6.17. The number of carbonyl (C=O) groups is 1. The minimum atomic E-state index is -3.59. The number of hydrogen-bond donors (Lipinski definition) is 1. The first-order valence-corrected chi connectivity index (χ1v) is 7.68. The second kappa shape index (κ2) is 7.03. The Morgan fingerprint density at radius 1 is 1.45 bits per heavy atom. The van der Waals surface area contributed by atoms with Crippen LogP contribution in [0.5, 0.6) is 0 Å². The van der Waals surface area contributed by atoms with E-state index in [1.807, 2.05) is 6.07 Å². The van der Waals surface area contributed by atoms with Crippen LogP contribution in [0, 0.1) is 11.3 Å². The number of carboxylic acid groups (broad SMARTS) is 1. The van der Waals surface area contributed by atoms with Gasteiger partial charge in [0.1, 0.15) is 0 Å². The van der Waals surface area contributed by atoms with Crippen molar-refractivity contribution >= 4 is 16.0 Å². The average Bonchev–Trinajstić information content (AvgIpc) is 2.38. The van der Waals surface area contributed by atoms with Crippen LogP contribution in [0.25, 0.3) is 0 Å². The zero-order chi connectivity index (χ0) is 15.2. The van der Waals surface area contributed by atoms with Crippen LogP contribution >= 0.6 is 0 Å². The first-order chi connectivity index (χ1) is 9.39. The van der Waals surface area contributed by atoms with Gasteiger partial charge in [0.25, 0.3) is 0 Å². The van der Waals surface area contributed by atoms with Gasteiger partial charge < -0.3 is 5.11 Å². The highest BCUT2D eigenvalue weighted by Crippen LogP contribution is 2.13. The third-order valence-electron chi connectivity index (χ3n) is 2.73. The SMILES string of the molecule is CCN(CCC(=O)O)S(=O)(=O)Cc1cccc(C#N)c1. The fourth-order valence-corrected chi connectivity index (χ4v) is 3.29. The van der Waals surface area contributed by atoms with E-state index in [-0.39, 0.29) is 25.3 Å². The van der Waals surface area contributed by atoms with Gasteiger partial charge in [-0.3, -0.25) is 4.79 Å². The van der Waals surface area contributed by atoms with Gasteiger partial charge in [0.2, 0.25) is 10.0 Å². The molecule has 7 heteroatoms. The Hall–Kier alpha value is -1.91. The van der Waals surface area contributed by atoms with Crippen molar-refractivity contribution < 1.29 is 18.3 Å². The van der Waals surface area contributed by atoms with Gasteiger partial charge in [0.05, 0.1) is 23.8 Å². The smallest absolute Gasteiger partial charge is 0.304 e. The summed E-state index contributed by atoms with van der Waals surface area (Å²) in [5, 5.41) is 17.4. The monoisotopic (exact) mass is 296 g/mol. The number of carboxylic acids is 1. The lowest BCUT2D eigenvalue weighted by atomic mass is 10.2. The molecule has 1 aromatic rings. The maximum atomic E-state index is 12.2. The summed E-state index contributed by atoms with van der Waals surface area (Å²) >= 11 is 0. The van der Waals surface area contributed by atoms with Gasteiger partial charge in [0.15, 0.2) is 0 Å². The van der Waals surface area contributed by atoms with E-state index in [1.165, 1.54) is 6.07 Å². The lowest BCUT2D eigenvalue weighted by molar-refractivity contribution is -0.137. The normalized spacial score (nSPS) is 11.2. The van der Waals surface area contributed by atoms with Gasteiger partial charge in [-0.2, -0.15) is 5.26 Å². The zero-order valence-electron chi connectivity index (χ0n) is 11.1. The van der Waals surface area contributed by atoms with Crippen molar-refractivity contribution in [3.63, 3.8) is 0 Å². The van der Waals surface area contributed by atoms with Crippen molar-refractivity contribution in [1.82, 2.24) is 4.31 Å². The summed E-state index contributed by atoms with van der Waals surface area (Å²) < 4.78 is 25.5. The molecule has 0 amide bonds. The zero-order valence-corrected chi connectivity index (χ0v) is 11.9. The van der Waals surface area contributed by atoms with Crippen molar-refractivity contribution in [3.8, 4) is 6.07 Å². The van der Waals surface area contributed by atoms with Crippen LogP contribution in [0.15, 0.2) is 24.3 Å². The number of aliphatic carboxylic acids is 1. The third kappa shape index (κ3) is 4.64. The Balaban J connectivity index is 2.86. The van der Waals surface area contributed by atoms with E-state index in [0.29, 0.717) is 11.1 Å². The molecule has 0 aliphatic heterocycles. The fraction of sp³-hybridized carbons (Fsp3) is 0.385. The van der Waals surface area contributed by atoms with Gasteiger partial charge in [-0.15, -0.1) is 0 Å². The van der Waals surface area contributed by atoms with Crippen molar-refractivity contribution in [2.45, 2.75) is 19.1 Å². The van der Waals surface area contributed by atoms with Gasteiger partial charge in [-0.05, 0) is 17.7 Å². The van der Waals surface area contributed by atoms with E-state index >= 15 is 0 Å². The molecule has 0 heterocycles. The molecule has 1 aromatic carbocycles. The maximum Gasteiger partial charge on any atom is 0.304 e. The van der Waals surface area contributed by atoms with E-state index < -0.39 is 16.0 Å². The Labute approximate surface area is 118 Å². The van der Waals surface area contributed by atoms with Crippen molar-refractivity contribution in [2.24, 2.45) is 0 Å². The predicted molar refractivity (Wildman–Crippen MR) is 73.3 cm³/mol. The summed E-state index contributed by atoms with van der Waals surface area (Å²) in [6.07, 6.45) is -0.231. The highest BCUT2D eigenvalue weighted by molar-refractivity contribution is 7.88. The Bertz CT molecular complexity index is 620. The molecule has 0 aliphatic carbocycles. The van der Waals surface area contributed by atoms with Gasteiger partial charge in [0, 0.05) is 13.1 Å². The quantitative estimate of drug-likeness (QED) is 0.814. The van der Waals surface area contributed by atoms with Crippen LogP contribution in [-0.4, -0.2) is 36.9 Å². The molecule has 1 N–H and O–H groups in total. The van der Waals surface area contributed by atoms with E-state index in [4.69, 9.17) is 10.4 Å². The van der Waals surface area contributed by atoms with E-state index in [1.54, 1.807) is 25.1 Å². The van der Waals surface area contributed by atoms with E-state index in [2.05, 4.69) is 0 Å². The van der Waals surface area contributed by atoms with Gasteiger partial charge in [-0.1, -0.05) is 19.1 Å². The molecular weight excluding hydrogens is 280 g/mol. The standard InChI is InChI=1S/C13H16N2O4S/c1-2-15(7-6-13(16)17)20(18,19)10-12-5-3-4-11(8-12)9-14/h3-5,8H,2,6-7,10H2,1H3,(H,16,17). The lowest BCUT2D eigenvalue weighted by Gasteiger charge is -2.19. The predicted octanol–water partition coefficient (Wildman–Crippen LogP) is 1.18. The van der Waals surface area contributed by atoms with Crippen LogP contribution in [0.2, 0.25) is 0 Å². The summed E-state index contributed by atoms with van der Waals surface area (Å²) in [6, 6.07) is 8.31. The molecule has 0 bridgehead atoms. The molecule has 0 unspecified atom stereocenters. The molecule has 0 spiro atoms. The summed E-state index contributed by atoms with van der Waals surface area (Å²) in [6.45, 7) is 1.82. The maximum absolute atomic E-state index is 12.2. The molecule has 0 atom stereocenters. The molecule has 108 valence electrons. The number of rotatable bonds is 7. The van der Waals surface area contributed by atoms with Crippen LogP contribution in [0.3, 0.4) is 0 Å². The Morgan fingerprint density at radius 2 is 2.15 bits per heavy atom. The molecule has 0 aliphatic rings. The number of hydrogen-bond acceptors (Lipinski definition) is 4. The van der Waals surface area contributed by atoms with Crippen molar-refractivity contribution in [3.05, 3.63) is 35.4 Å². The summed E-state index contributed by atoms with van der Waals surface area (Å²) in [5.41, 5.74) is 0.907. The first-order valence-electron chi connectivity index (χ1n) is 6.07. The van der Waals surface area contributed by atoms with Crippen LogP contribution in [0.4, 0.5) is 0 Å².